The molecule has 2 N–H and O–H groups in total. The first kappa shape index (κ1) is 18.6. The van der Waals surface area contributed by atoms with Crippen LogP contribution in [0.5, 0.6) is 0 Å². The molecule has 1 amide bonds. The molecule has 0 radical (unpaired) electrons. The topological polar surface area (TPSA) is 92.3 Å². The van der Waals surface area contributed by atoms with Crippen molar-refractivity contribution in [3.63, 3.8) is 0 Å². The third-order valence-electron chi connectivity index (χ3n) is 4.57. The first-order chi connectivity index (χ1) is 13.0. The van der Waals surface area contributed by atoms with Gasteiger partial charge in [-0.2, -0.15) is 10.1 Å². The lowest BCUT2D eigenvalue weighted by atomic mass is 10.1. The maximum Gasteiger partial charge on any atom is 0.230 e. The van der Waals surface area contributed by atoms with Crippen molar-refractivity contribution >= 4 is 23.4 Å². The van der Waals surface area contributed by atoms with E-state index < -0.39 is 0 Å². The lowest BCUT2D eigenvalue weighted by Crippen LogP contribution is -2.30. The summed E-state index contributed by atoms with van der Waals surface area (Å²) in [5.74, 6) is 1.76. The molecule has 9 heteroatoms. The van der Waals surface area contributed by atoms with E-state index in [0.29, 0.717) is 18.3 Å². The predicted octanol–water partition coefficient (Wildman–Crippen LogP) is 1.83. The van der Waals surface area contributed by atoms with Crippen LogP contribution in [-0.2, 0) is 11.8 Å². The zero-order valence-corrected chi connectivity index (χ0v) is 15.6. The second-order valence-electron chi connectivity index (χ2n) is 6.76. The summed E-state index contributed by atoms with van der Waals surface area (Å²) in [5.41, 5.74) is 1.80. The molecule has 142 valence electrons. The Hall–Kier alpha value is -3.15. The molecule has 0 unspecified atom stereocenters. The number of carbonyl (C=O) groups excluding carboxylic acids is 1. The maximum absolute atomic E-state index is 12.0. The van der Waals surface area contributed by atoms with Gasteiger partial charge in [-0.3, -0.25) is 9.48 Å². The maximum atomic E-state index is 12.0. The van der Waals surface area contributed by atoms with E-state index in [1.54, 1.807) is 17.1 Å². The number of likely N-dealkylation sites (tertiary alicyclic amines) is 1. The largest absolute Gasteiger partial charge is 0.369 e. The Kier molecular flexibility index (Phi) is 5.86. The number of anilines is 3. The molecule has 0 spiro atoms. The van der Waals surface area contributed by atoms with Crippen LogP contribution < -0.4 is 10.6 Å². The van der Waals surface area contributed by atoms with Crippen LogP contribution >= 0.6 is 0 Å². The van der Waals surface area contributed by atoms with Crippen LogP contribution in [0.15, 0.2) is 18.6 Å². The van der Waals surface area contributed by atoms with Crippen molar-refractivity contribution in [1.29, 1.82) is 0 Å². The number of amides is 1. The molecule has 0 aliphatic carbocycles. The highest BCUT2D eigenvalue weighted by Crippen LogP contribution is 2.20. The van der Waals surface area contributed by atoms with Crippen LogP contribution in [0.25, 0.3) is 4.85 Å². The summed E-state index contributed by atoms with van der Waals surface area (Å²) in [7, 11) is 1.85. The summed E-state index contributed by atoms with van der Waals surface area (Å²) < 4.78 is 1.71. The van der Waals surface area contributed by atoms with Gasteiger partial charge in [-0.1, -0.05) is 0 Å². The van der Waals surface area contributed by atoms with Gasteiger partial charge < -0.3 is 20.4 Å². The molecular weight excluding hydrogens is 344 g/mol. The van der Waals surface area contributed by atoms with E-state index in [9.17, 15) is 4.79 Å². The molecule has 2 aromatic heterocycles. The number of nitrogens with zero attached hydrogens (tertiary/aromatic N) is 6. The molecular formula is C18H24N8O. The van der Waals surface area contributed by atoms with E-state index in [4.69, 9.17) is 6.57 Å². The molecule has 3 rings (SSSR count). The minimum atomic E-state index is 0.0784. The number of aryl methyl sites for hydroxylation is 2. The summed E-state index contributed by atoms with van der Waals surface area (Å²) in [4.78, 5) is 26.0. The molecule has 2 aromatic rings. The van der Waals surface area contributed by atoms with Crippen molar-refractivity contribution in [2.24, 2.45) is 13.0 Å². The Morgan fingerprint density at radius 3 is 3.04 bits per heavy atom. The van der Waals surface area contributed by atoms with Crippen LogP contribution in [-0.4, -0.2) is 56.7 Å². The van der Waals surface area contributed by atoms with Crippen LogP contribution in [0.4, 0.5) is 17.5 Å². The van der Waals surface area contributed by atoms with Crippen molar-refractivity contribution in [3.8, 4) is 0 Å². The molecule has 9 nitrogen and oxygen atoms in total. The zero-order chi connectivity index (χ0) is 19.2. The van der Waals surface area contributed by atoms with Gasteiger partial charge >= 0.3 is 0 Å². The van der Waals surface area contributed by atoms with Crippen molar-refractivity contribution in [2.75, 3.05) is 36.8 Å². The van der Waals surface area contributed by atoms with E-state index in [1.807, 2.05) is 25.1 Å². The van der Waals surface area contributed by atoms with E-state index in [-0.39, 0.29) is 12.5 Å². The third-order valence-corrected chi connectivity index (χ3v) is 4.57. The summed E-state index contributed by atoms with van der Waals surface area (Å²) in [6.07, 6.45) is 6.63. The Labute approximate surface area is 158 Å². The number of rotatable bonds is 7. The van der Waals surface area contributed by atoms with Crippen molar-refractivity contribution in [3.05, 3.63) is 35.6 Å². The number of aromatic nitrogens is 4. The predicted molar refractivity (Wildman–Crippen MR) is 103 cm³/mol. The molecule has 3 heterocycles. The second-order valence-corrected chi connectivity index (χ2v) is 6.76. The van der Waals surface area contributed by atoms with Gasteiger partial charge in [-0.15, -0.1) is 0 Å². The van der Waals surface area contributed by atoms with E-state index in [1.165, 1.54) is 0 Å². The molecule has 0 saturated carbocycles. The SMILES string of the molecule is [C-]#[N+]CCC(=O)N1CC[C@H](CNc2nc(Nc3cnn(C)c3)ncc2C)C1. The average Bonchev–Trinajstić information content (AvgIpc) is 3.29. The minimum Gasteiger partial charge on any atom is -0.369 e. The quantitative estimate of drug-likeness (QED) is 0.725. The first-order valence-electron chi connectivity index (χ1n) is 8.99. The molecule has 0 bridgehead atoms. The smallest absolute Gasteiger partial charge is 0.230 e. The monoisotopic (exact) mass is 368 g/mol. The van der Waals surface area contributed by atoms with Gasteiger partial charge in [0.05, 0.1) is 18.3 Å². The summed E-state index contributed by atoms with van der Waals surface area (Å²) in [5, 5.41) is 10.6. The van der Waals surface area contributed by atoms with Crippen molar-refractivity contribution < 1.29 is 4.79 Å². The van der Waals surface area contributed by atoms with Crippen LogP contribution in [0.2, 0.25) is 0 Å². The van der Waals surface area contributed by atoms with Crippen LogP contribution in [0, 0.1) is 19.4 Å². The fourth-order valence-electron chi connectivity index (χ4n) is 3.07. The van der Waals surface area contributed by atoms with Crippen molar-refractivity contribution in [1.82, 2.24) is 24.6 Å². The van der Waals surface area contributed by atoms with E-state index in [2.05, 4.69) is 30.5 Å². The lowest BCUT2D eigenvalue weighted by molar-refractivity contribution is -0.129. The fourth-order valence-corrected chi connectivity index (χ4v) is 3.07. The second kappa shape index (κ2) is 8.49. The number of nitrogens with one attached hydrogen (secondary N) is 2. The highest BCUT2D eigenvalue weighted by atomic mass is 16.2. The first-order valence-corrected chi connectivity index (χ1v) is 8.99. The van der Waals surface area contributed by atoms with Gasteiger partial charge in [-0.25, -0.2) is 11.6 Å². The molecule has 1 fully saturated rings. The Balaban J connectivity index is 1.54. The summed E-state index contributed by atoms with van der Waals surface area (Å²) in [6, 6.07) is 0. The third kappa shape index (κ3) is 4.94. The molecule has 1 aliphatic rings. The Bertz CT molecular complexity index is 840. The van der Waals surface area contributed by atoms with Crippen molar-refractivity contribution in [2.45, 2.75) is 19.8 Å². The minimum absolute atomic E-state index is 0.0784. The van der Waals surface area contributed by atoms with Gasteiger partial charge in [0.1, 0.15) is 5.82 Å². The number of carbonyl (C=O) groups is 1. The van der Waals surface area contributed by atoms with Gasteiger partial charge in [-0.05, 0) is 19.3 Å². The average molecular weight is 368 g/mol. The standard InChI is InChI=1S/C18H24N8O/c1-13-8-21-18(23-15-10-22-25(3)12-15)24-17(13)20-9-14-5-7-26(11-14)16(27)4-6-19-2/h8,10,12,14H,4-7,9,11H2,1,3H3,(H2,20,21,23,24)/t14-/m1/s1. The van der Waals surface area contributed by atoms with Gasteiger partial charge in [0.25, 0.3) is 0 Å². The van der Waals surface area contributed by atoms with Crippen LogP contribution in [0.1, 0.15) is 18.4 Å². The van der Waals surface area contributed by atoms with E-state index >= 15 is 0 Å². The molecule has 1 saturated heterocycles. The molecule has 1 atom stereocenters. The fraction of sp³-hybridized carbons (Fsp3) is 0.500. The summed E-state index contributed by atoms with van der Waals surface area (Å²) in [6.45, 7) is 11.3. The Morgan fingerprint density at radius 1 is 1.44 bits per heavy atom. The summed E-state index contributed by atoms with van der Waals surface area (Å²) >= 11 is 0. The highest BCUT2D eigenvalue weighted by Gasteiger charge is 2.26. The highest BCUT2D eigenvalue weighted by molar-refractivity contribution is 5.76. The normalized spacial score (nSPS) is 16.2. The Morgan fingerprint density at radius 2 is 2.30 bits per heavy atom. The zero-order valence-electron chi connectivity index (χ0n) is 15.6. The molecule has 0 aromatic carbocycles. The lowest BCUT2D eigenvalue weighted by Gasteiger charge is -2.16. The molecule has 27 heavy (non-hydrogen) atoms. The van der Waals surface area contributed by atoms with Gasteiger partial charge in [0.15, 0.2) is 0 Å². The van der Waals surface area contributed by atoms with Crippen LogP contribution in [0.3, 0.4) is 0 Å². The van der Waals surface area contributed by atoms with Gasteiger partial charge in [0.2, 0.25) is 18.4 Å². The number of hydrogen-bond acceptors (Lipinski definition) is 6. The number of hydrogen-bond donors (Lipinski definition) is 2. The van der Waals surface area contributed by atoms with Gasteiger partial charge in [0, 0.05) is 44.6 Å². The van der Waals surface area contributed by atoms with E-state index in [0.717, 1.165) is 43.1 Å². The molecule has 1 aliphatic heterocycles.